The number of carbonyl (C=O) groups is 1. The molecule has 0 saturated carbocycles. The molecule has 0 radical (unpaired) electrons. The summed E-state index contributed by atoms with van der Waals surface area (Å²) >= 11 is 0. The summed E-state index contributed by atoms with van der Waals surface area (Å²) in [6.07, 6.45) is 3.73. The van der Waals surface area contributed by atoms with E-state index in [0.29, 0.717) is 23.8 Å². The van der Waals surface area contributed by atoms with Gasteiger partial charge in [0.1, 0.15) is 11.4 Å². The van der Waals surface area contributed by atoms with Gasteiger partial charge in [-0.25, -0.2) is 18.2 Å². The predicted molar refractivity (Wildman–Crippen MR) is 125 cm³/mol. The summed E-state index contributed by atoms with van der Waals surface area (Å²) in [5.74, 6) is 0.481. The van der Waals surface area contributed by atoms with Crippen molar-refractivity contribution in [1.82, 2.24) is 9.29 Å². The minimum absolute atomic E-state index is 0.284. The van der Waals surface area contributed by atoms with E-state index in [9.17, 15) is 13.2 Å². The highest BCUT2D eigenvalue weighted by Crippen LogP contribution is 2.35. The van der Waals surface area contributed by atoms with Crippen LogP contribution in [0.4, 0.5) is 10.6 Å². The van der Waals surface area contributed by atoms with Crippen molar-refractivity contribution < 1.29 is 17.9 Å². The molecule has 1 aromatic heterocycles. The van der Waals surface area contributed by atoms with Crippen LogP contribution in [-0.2, 0) is 14.8 Å². The molecule has 0 bridgehead atoms. The summed E-state index contributed by atoms with van der Waals surface area (Å²) in [6.45, 7) is 10.1. The number of pyridine rings is 1. The van der Waals surface area contributed by atoms with E-state index in [-0.39, 0.29) is 6.04 Å². The number of nitrogens with zero attached hydrogens (tertiary/aromatic N) is 3. The molecule has 2 aromatic rings. The van der Waals surface area contributed by atoms with Gasteiger partial charge in [0, 0.05) is 19.3 Å². The molecule has 0 spiro atoms. The molecule has 0 unspecified atom stereocenters. The second-order valence-electron chi connectivity index (χ2n) is 9.11. The lowest BCUT2D eigenvalue weighted by Crippen LogP contribution is -2.39. The number of rotatable bonds is 5. The summed E-state index contributed by atoms with van der Waals surface area (Å²) in [5.41, 5.74) is 1.24. The number of sulfonamides is 1. The molecule has 2 heterocycles. The molecule has 0 N–H and O–H groups in total. The van der Waals surface area contributed by atoms with E-state index in [4.69, 9.17) is 4.74 Å². The van der Waals surface area contributed by atoms with Crippen LogP contribution in [0.15, 0.2) is 47.5 Å². The second-order valence-corrected chi connectivity index (χ2v) is 11.0. The van der Waals surface area contributed by atoms with Crippen LogP contribution >= 0.6 is 0 Å². The number of hydrogen-bond donors (Lipinski definition) is 0. The Bertz CT molecular complexity index is 1030. The summed E-state index contributed by atoms with van der Waals surface area (Å²) in [7, 11) is -3.62. The Hall–Kier alpha value is -2.45. The molecule has 1 amide bonds. The number of anilines is 1. The molecule has 1 atom stereocenters. The summed E-state index contributed by atoms with van der Waals surface area (Å²) in [6, 6.07) is 10.3. The van der Waals surface area contributed by atoms with Crippen molar-refractivity contribution in [3.63, 3.8) is 0 Å². The highest BCUT2D eigenvalue weighted by molar-refractivity contribution is 7.89. The van der Waals surface area contributed by atoms with Crippen LogP contribution in [0, 0.1) is 6.92 Å². The fraction of sp³-hybridized carbons (Fsp3) is 0.500. The molecule has 1 aromatic carbocycles. The zero-order valence-electron chi connectivity index (χ0n) is 19.5. The molecule has 1 aliphatic rings. The third kappa shape index (κ3) is 5.48. The Morgan fingerprint density at radius 1 is 1.16 bits per heavy atom. The van der Waals surface area contributed by atoms with Gasteiger partial charge >= 0.3 is 6.09 Å². The van der Waals surface area contributed by atoms with E-state index < -0.39 is 21.7 Å². The first-order valence-electron chi connectivity index (χ1n) is 11.1. The smallest absolute Gasteiger partial charge is 0.415 e. The van der Waals surface area contributed by atoms with Gasteiger partial charge in [-0.2, -0.15) is 4.31 Å². The van der Waals surface area contributed by atoms with Gasteiger partial charge in [0.2, 0.25) is 10.0 Å². The van der Waals surface area contributed by atoms with Crippen LogP contribution in [0.2, 0.25) is 0 Å². The van der Waals surface area contributed by atoms with Crippen LogP contribution in [0.1, 0.15) is 64.1 Å². The van der Waals surface area contributed by atoms with E-state index >= 15 is 0 Å². The van der Waals surface area contributed by atoms with Gasteiger partial charge in [-0.15, -0.1) is 0 Å². The van der Waals surface area contributed by atoms with E-state index in [1.54, 1.807) is 28.7 Å². The lowest BCUT2D eigenvalue weighted by Gasteiger charge is -2.35. The fourth-order valence-corrected chi connectivity index (χ4v) is 5.51. The Labute approximate surface area is 191 Å². The van der Waals surface area contributed by atoms with Crippen molar-refractivity contribution >= 4 is 21.9 Å². The van der Waals surface area contributed by atoms with Crippen molar-refractivity contribution in [3.8, 4) is 0 Å². The molecule has 3 rings (SSSR count). The normalized spacial score (nSPS) is 17.7. The van der Waals surface area contributed by atoms with Gasteiger partial charge in [0.25, 0.3) is 0 Å². The Morgan fingerprint density at radius 2 is 1.84 bits per heavy atom. The number of ether oxygens (including phenoxy) is 1. The molecular weight excluding hydrogens is 426 g/mol. The number of hydrogen-bond acceptors (Lipinski definition) is 5. The monoisotopic (exact) mass is 459 g/mol. The Kier molecular flexibility index (Phi) is 7.25. The van der Waals surface area contributed by atoms with Crippen molar-refractivity contribution in [2.45, 2.75) is 70.4 Å². The number of aromatic nitrogens is 1. The van der Waals surface area contributed by atoms with E-state index in [1.165, 1.54) is 4.90 Å². The zero-order chi connectivity index (χ0) is 23.5. The molecule has 1 aliphatic heterocycles. The van der Waals surface area contributed by atoms with E-state index in [0.717, 1.165) is 30.4 Å². The quantitative estimate of drug-likeness (QED) is 0.624. The first-order chi connectivity index (χ1) is 15.0. The summed E-state index contributed by atoms with van der Waals surface area (Å²) < 4.78 is 33.8. The van der Waals surface area contributed by atoms with Crippen molar-refractivity contribution in [2.24, 2.45) is 0 Å². The van der Waals surface area contributed by atoms with Gasteiger partial charge in [-0.3, -0.25) is 4.90 Å². The third-order valence-electron chi connectivity index (χ3n) is 5.44. The summed E-state index contributed by atoms with van der Waals surface area (Å²) in [5, 5.41) is 0. The predicted octanol–water partition coefficient (Wildman–Crippen LogP) is 5.07. The first kappa shape index (κ1) is 24.2. The molecule has 1 saturated heterocycles. The SMILES string of the molecule is CCN(C(=O)OC(C)(C)C)c1ccc([C@H]2CCCCN2S(=O)(=O)c2ccc(C)cc2)cn1. The molecule has 32 heavy (non-hydrogen) atoms. The molecule has 7 nitrogen and oxygen atoms in total. The van der Waals surface area contributed by atoms with E-state index in [1.807, 2.05) is 52.8 Å². The fourth-order valence-electron chi connectivity index (χ4n) is 3.83. The van der Waals surface area contributed by atoms with Gasteiger partial charge in [-0.1, -0.05) is 30.2 Å². The lowest BCUT2D eigenvalue weighted by atomic mass is 9.99. The maximum absolute atomic E-state index is 13.4. The molecule has 8 heteroatoms. The van der Waals surface area contributed by atoms with Crippen LogP contribution in [0.3, 0.4) is 0 Å². The first-order valence-corrected chi connectivity index (χ1v) is 12.5. The van der Waals surface area contributed by atoms with Crippen LogP contribution in [0.25, 0.3) is 0 Å². The topological polar surface area (TPSA) is 79.8 Å². The Morgan fingerprint density at radius 3 is 2.41 bits per heavy atom. The minimum Gasteiger partial charge on any atom is -0.443 e. The number of aryl methyl sites for hydroxylation is 1. The zero-order valence-corrected chi connectivity index (χ0v) is 20.4. The molecule has 1 fully saturated rings. The van der Waals surface area contributed by atoms with Crippen molar-refractivity contribution in [2.75, 3.05) is 18.0 Å². The average Bonchev–Trinajstić information content (AvgIpc) is 2.74. The average molecular weight is 460 g/mol. The largest absolute Gasteiger partial charge is 0.443 e. The van der Waals surface area contributed by atoms with Crippen LogP contribution < -0.4 is 4.90 Å². The van der Waals surface area contributed by atoms with Gasteiger partial charge < -0.3 is 4.74 Å². The van der Waals surface area contributed by atoms with Crippen LogP contribution in [0.5, 0.6) is 0 Å². The summed E-state index contributed by atoms with van der Waals surface area (Å²) in [4.78, 5) is 18.8. The number of carbonyl (C=O) groups excluding carboxylic acids is 1. The molecule has 0 aliphatic carbocycles. The van der Waals surface area contributed by atoms with Crippen molar-refractivity contribution in [1.29, 1.82) is 0 Å². The van der Waals surface area contributed by atoms with E-state index in [2.05, 4.69) is 4.98 Å². The highest BCUT2D eigenvalue weighted by Gasteiger charge is 2.34. The maximum atomic E-state index is 13.4. The maximum Gasteiger partial charge on any atom is 0.415 e. The number of benzene rings is 1. The standard InChI is InChI=1S/C24H33N3O4S/c1-6-26(23(28)31-24(3,4)5)22-15-12-19(17-25-22)21-9-7-8-16-27(21)32(29,30)20-13-10-18(2)11-14-20/h10-15,17,21H,6-9,16H2,1-5H3/t21-/m1/s1. The molecule has 174 valence electrons. The second kappa shape index (κ2) is 9.58. The number of piperidine rings is 1. The lowest BCUT2D eigenvalue weighted by molar-refractivity contribution is 0.0581. The van der Waals surface area contributed by atoms with Gasteiger partial charge in [-0.05, 0) is 71.2 Å². The Balaban J connectivity index is 1.86. The highest BCUT2D eigenvalue weighted by atomic mass is 32.2. The van der Waals surface area contributed by atoms with Crippen molar-refractivity contribution in [3.05, 3.63) is 53.7 Å². The minimum atomic E-state index is -3.62. The van der Waals surface area contributed by atoms with Gasteiger partial charge in [0.05, 0.1) is 10.9 Å². The number of amides is 1. The van der Waals surface area contributed by atoms with Crippen LogP contribution in [-0.4, -0.2) is 42.5 Å². The molecular formula is C24H33N3O4S. The van der Waals surface area contributed by atoms with Gasteiger partial charge in [0.15, 0.2) is 0 Å². The third-order valence-corrected chi connectivity index (χ3v) is 7.37.